The highest BCUT2D eigenvalue weighted by Crippen LogP contribution is 2.26. The SMILES string of the molecule is Fc1cc(Cl)ccc1CC(CCl)c1cccc(Cl)c1. The molecule has 0 saturated carbocycles. The normalized spacial score (nSPS) is 12.4. The summed E-state index contributed by atoms with van der Waals surface area (Å²) in [5, 5.41) is 1.05. The van der Waals surface area contributed by atoms with Crippen LogP contribution in [0.1, 0.15) is 17.0 Å². The summed E-state index contributed by atoms with van der Waals surface area (Å²) in [6.45, 7) is 0. The Balaban J connectivity index is 2.24. The maximum absolute atomic E-state index is 13.8. The Bertz CT molecular complexity index is 569. The van der Waals surface area contributed by atoms with Gasteiger partial charge in [-0.05, 0) is 41.8 Å². The minimum absolute atomic E-state index is 0.0241. The summed E-state index contributed by atoms with van der Waals surface area (Å²) in [6.07, 6.45) is 0.521. The zero-order valence-electron chi connectivity index (χ0n) is 10.0. The second-order valence-electron chi connectivity index (χ2n) is 4.35. The van der Waals surface area contributed by atoms with Gasteiger partial charge in [0.1, 0.15) is 5.82 Å². The maximum atomic E-state index is 13.8. The molecule has 2 aromatic carbocycles. The zero-order valence-corrected chi connectivity index (χ0v) is 12.3. The van der Waals surface area contributed by atoms with Gasteiger partial charge in [-0.1, -0.05) is 41.4 Å². The molecule has 0 saturated heterocycles. The topological polar surface area (TPSA) is 0 Å². The van der Waals surface area contributed by atoms with Crippen LogP contribution in [0.2, 0.25) is 10.0 Å². The molecule has 2 rings (SSSR count). The summed E-state index contributed by atoms with van der Waals surface area (Å²) in [5.74, 6) is 0.128. The van der Waals surface area contributed by atoms with E-state index in [2.05, 4.69) is 0 Å². The van der Waals surface area contributed by atoms with E-state index >= 15 is 0 Å². The molecule has 0 aromatic heterocycles. The van der Waals surface area contributed by atoms with Crippen LogP contribution in [-0.2, 0) is 6.42 Å². The molecule has 4 heteroatoms. The first-order chi connectivity index (χ1) is 9.10. The Hall–Kier alpha value is -0.760. The van der Waals surface area contributed by atoms with E-state index in [0.29, 0.717) is 27.9 Å². The smallest absolute Gasteiger partial charge is 0.127 e. The molecule has 0 fully saturated rings. The van der Waals surface area contributed by atoms with Crippen LogP contribution in [0.25, 0.3) is 0 Å². The van der Waals surface area contributed by atoms with Crippen molar-refractivity contribution in [3.63, 3.8) is 0 Å². The van der Waals surface area contributed by atoms with Gasteiger partial charge < -0.3 is 0 Å². The molecule has 0 bridgehead atoms. The fraction of sp³-hybridized carbons (Fsp3) is 0.200. The van der Waals surface area contributed by atoms with Crippen LogP contribution in [0.15, 0.2) is 42.5 Å². The van der Waals surface area contributed by atoms with Gasteiger partial charge in [0.25, 0.3) is 0 Å². The third-order valence-electron chi connectivity index (χ3n) is 2.99. The van der Waals surface area contributed by atoms with Gasteiger partial charge >= 0.3 is 0 Å². The van der Waals surface area contributed by atoms with Crippen molar-refractivity contribution >= 4 is 34.8 Å². The first-order valence-electron chi connectivity index (χ1n) is 5.85. The standard InChI is InChI=1S/C15H12Cl3F/c16-9-12(10-2-1-3-13(17)7-10)6-11-4-5-14(18)8-15(11)19/h1-5,7-8,12H,6,9H2. The zero-order chi connectivity index (χ0) is 13.8. The lowest BCUT2D eigenvalue weighted by Crippen LogP contribution is -2.06. The number of hydrogen-bond acceptors (Lipinski definition) is 0. The van der Waals surface area contributed by atoms with Gasteiger partial charge in [-0.25, -0.2) is 4.39 Å². The molecule has 0 radical (unpaired) electrons. The quantitative estimate of drug-likeness (QED) is 0.635. The maximum Gasteiger partial charge on any atom is 0.127 e. The molecule has 0 heterocycles. The van der Waals surface area contributed by atoms with E-state index in [-0.39, 0.29) is 11.7 Å². The third-order valence-corrected chi connectivity index (χ3v) is 3.83. The van der Waals surface area contributed by atoms with Gasteiger partial charge in [0.05, 0.1) is 0 Å². The average Bonchev–Trinajstić information content (AvgIpc) is 2.38. The molecule has 100 valence electrons. The summed E-state index contributed by atoms with van der Waals surface area (Å²) >= 11 is 17.7. The van der Waals surface area contributed by atoms with Gasteiger partial charge in [-0.2, -0.15) is 0 Å². The Morgan fingerprint density at radius 1 is 1.00 bits per heavy atom. The summed E-state index contributed by atoms with van der Waals surface area (Å²) in [6, 6.07) is 12.2. The molecule has 0 aliphatic carbocycles. The van der Waals surface area contributed by atoms with Crippen molar-refractivity contribution in [2.24, 2.45) is 0 Å². The Labute approximate surface area is 127 Å². The monoisotopic (exact) mass is 316 g/mol. The van der Waals surface area contributed by atoms with Crippen molar-refractivity contribution in [1.82, 2.24) is 0 Å². The lowest BCUT2D eigenvalue weighted by Gasteiger charge is -2.15. The van der Waals surface area contributed by atoms with E-state index in [4.69, 9.17) is 34.8 Å². The molecule has 1 atom stereocenters. The highest BCUT2D eigenvalue weighted by molar-refractivity contribution is 6.30. The molecule has 1 unspecified atom stereocenters. The van der Waals surface area contributed by atoms with Gasteiger partial charge in [0.2, 0.25) is 0 Å². The van der Waals surface area contributed by atoms with E-state index in [1.165, 1.54) is 6.07 Å². The van der Waals surface area contributed by atoms with Crippen LogP contribution in [0.4, 0.5) is 4.39 Å². The fourth-order valence-corrected chi connectivity index (χ4v) is 2.62. The molecule has 0 nitrogen and oxygen atoms in total. The minimum Gasteiger partial charge on any atom is -0.207 e. The van der Waals surface area contributed by atoms with E-state index in [0.717, 1.165) is 5.56 Å². The number of alkyl halides is 1. The number of benzene rings is 2. The number of rotatable bonds is 4. The molecule has 0 spiro atoms. The van der Waals surface area contributed by atoms with Crippen molar-refractivity contribution in [2.75, 3.05) is 5.88 Å². The molecular weight excluding hydrogens is 306 g/mol. The largest absolute Gasteiger partial charge is 0.207 e. The Kier molecular flexibility index (Phi) is 5.09. The molecule has 0 N–H and O–H groups in total. The van der Waals surface area contributed by atoms with Crippen LogP contribution in [0, 0.1) is 5.82 Å². The molecular formula is C15H12Cl3F. The van der Waals surface area contributed by atoms with Gasteiger partial charge in [-0.15, -0.1) is 11.6 Å². The van der Waals surface area contributed by atoms with Gasteiger partial charge in [0.15, 0.2) is 0 Å². The lowest BCUT2D eigenvalue weighted by molar-refractivity contribution is 0.598. The minimum atomic E-state index is -0.301. The predicted octanol–water partition coefficient (Wildman–Crippen LogP) is 5.70. The van der Waals surface area contributed by atoms with E-state index < -0.39 is 0 Å². The number of hydrogen-bond donors (Lipinski definition) is 0. The predicted molar refractivity (Wildman–Crippen MR) is 80.0 cm³/mol. The third kappa shape index (κ3) is 3.85. The van der Waals surface area contributed by atoms with Crippen LogP contribution >= 0.6 is 34.8 Å². The summed E-state index contributed by atoms with van der Waals surface area (Å²) < 4.78 is 13.8. The van der Waals surface area contributed by atoms with Crippen LogP contribution < -0.4 is 0 Å². The summed E-state index contributed by atoms with van der Waals surface area (Å²) in [5.41, 5.74) is 1.62. The van der Waals surface area contributed by atoms with E-state index in [1.54, 1.807) is 18.2 Å². The first kappa shape index (κ1) is 14.6. The summed E-state index contributed by atoms with van der Waals surface area (Å²) in [7, 11) is 0. The van der Waals surface area contributed by atoms with Gasteiger partial charge in [-0.3, -0.25) is 0 Å². The van der Waals surface area contributed by atoms with Crippen molar-refractivity contribution < 1.29 is 4.39 Å². The molecule has 0 aliphatic heterocycles. The number of halogens is 4. The van der Waals surface area contributed by atoms with Crippen molar-refractivity contribution in [2.45, 2.75) is 12.3 Å². The van der Waals surface area contributed by atoms with Crippen molar-refractivity contribution in [3.8, 4) is 0 Å². The second kappa shape index (κ2) is 6.60. The molecule has 19 heavy (non-hydrogen) atoms. The first-order valence-corrected chi connectivity index (χ1v) is 7.14. The van der Waals surface area contributed by atoms with Crippen LogP contribution in [0.5, 0.6) is 0 Å². The van der Waals surface area contributed by atoms with Crippen molar-refractivity contribution in [1.29, 1.82) is 0 Å². The molecule has 0 amide bonds. The Morgan fingerprint density at radius 3 is 2.37 bits per heavy atom. The van der Waals surface area contributed by atoms with Crippen LogP contribution in [0.3, 0.4) is 0 Å². The van der Waals surface area contributed by atoms with Crippen LogP contribution in [-0.4, -0.2) is 5.88 Å². The molecule has 0 aliphatic rings. The second-order valence-corrected chi connectivity index (χ2v) is 5.53. The highest BCUT2D eigenvalue weighted by atomic mass is 35.5. The highest BCUT2D eigenvalue weighted by Gasteiger charge is 2.14. The Morgan fingerprint density at radius 2 is 1.74 bits per heavy atom. The lowest BCUT2D eigenvalue weighted by atomic mass is 9.93. The fourth-order valence-electron chi connectivity index (χ4n) is 1.97. The van der Waals surface area contributed by atoms with Crippen molar-refractivity contribution in [3.05, 3.63) is 69.5 Å². The van der Waals surface area contributed by atoms with E-state index in [9.17, 15) is 4.39 Å². The average molecular weight is 318 g/mol. The van der Waals surface area contributed by atoms with Gasteiger partial charge in [0, 0.05) is 21.8 Å². The molecule has 2 aromatic rings. The summed E-state index contributed by atoms with van der Waals surface area (Å²) in [4.78, 5) is 0. The van der Waals surface area contributed by atoms with E-state index in [1.807, 2.05) is 18.2 Å².